The molecule has 0 aliphatic rings. The fourth-order valence-corrected chi connectivity index (χ4v) is 2.17. The molecule has 5 nitrogen and oxygen atoms in total. The summed E-state index contributed by atoms with van der Waals surface area (Å²) in [4.78, 5) is 2.15. The van der Waals surface area contributed by atoms with Crippen molar-refractivity contribution in [3.05, 3.63) is 5.01 Å². The molecule has 0 aliphatic carbocycles. The van der Waals surface area contributed by atoms with Gasteiger partial charge < -0.3 is 10.4 Å². The van der Waals surface area contributed by atoms with Crippen molar-refractivity contribution in [1.29, 1.82) is 0 Å². The van der Waals surface area contributed by atoms with Gasteiger partial charge in [0.1, 0.15) is 5.01 Å². The lowest BCUT2D eigenvalue weighted by atomic mass is 10.1. The first-order chi connectivity index (χ1) is 7.44. The second-order valence-corrected chi connectivity index (χ2v) is 5.43. The summed E-state index contributed by atoms with van der Waals surface area (Å²) in [6.07, 6.45) is 0. The van der Waals surface area contributed by atoms with Crippen molar-refractivity contribution < 1.29 is 5.11 Å². The number of likely N-dealkylation sites (N-methyl/N-ethyl adjacent to an activating group) is 1. The molecule has 0 amide bonds. The summed E-state index contributed by atoms with van der Waals surface area (Å²) in [6.45, 7) is 7.96. The molecule has 1 heterocycles. The monoisotopic (exact) mass is 244 g/mol. The van der Waals surface area contributed by atoms with Crippen molar-refractivity contribution in [2.24, 2.45) is 0 Å². The van der Waals surface area contributed by atoms with Crippen molar-refractivity contribution in [2.45, 2.75) is 32.9 Å². The maximum atomic E-state index is 9.76. The normalized spacial score (nSPS) is 12.1. The quantitative estimate of drug-likeness (QED) is 0.786. The average molecular weight is 244 g/mol. The molecule has 0 bridgehead atoms. The standard InChI is InChI=1S/C10H20N4OS/c1-5-14(7-10(2,3)15)6-8-12-13-9(11-4)16-8/h15H,5-7H2,1-4H3,(H,11,13). The molecule has 92 valence electrons. The minimum absolute atomic E-state index is 0.637. The topological polar surface area (TPSA) is 61.3 Å². The Hall–Kier alpha value is -0.720. The van der Waals surface area contributed by atoms with E-state index in [9.17, 15) is 5.11 Å². The van der Waals surface area contributed by atoms with E-state index in [1.165, 1.54) is 0 Å². The molecule has 6 heteroatoms. The van der Waals surface area contributed by atoms with Gasteiger partial charge in [-0.2, -0.15) is 0 Å². The predicted molar refractivity (Wildman–Crippen MR) is 66.7 cm³/mol. The van der Waals surface area contributed by atoms with Crippen molar-refractivity contribution in [2.75, 3.05) is 25.5 Å². The SMILES string of the molecule is CCN(Cc1nnc(NC)s1)CC(C)(C)O. The summed E-state index contributed by atoms with van der Waals surface area (Å²) in [5, 5.41) is 22.6. The highest BCUT2D eigenvalue weighted by atomic mass is 32.1. The van der Waals surface area contributed by atoms with E-state index in [2.05, 4.69) is 27.3 Å². The highest BCUT2D eigenvalue weighted by Gasteiger charge is 2.18. The lowest BCUT2D eigenvalue weighted by Gasteiger charge is -2.26. The van der Waals surface area contributed by atoms with Crippen LogP contribution in [0.25, 0.3) is 0 Å². The highest BCUT2D eigenvalue weighted by Crippen LogP contribution is 2.17. The zero-order chi connectivity index (χ0) is 12.2. The van der Waals surface area contributed by atoms with E-state index in [1.54, 1.807) is 11.3 Å². The molecule has 0 radical (unpaired) electrons. The van der Waals surface area contributed by atoms with Crippen LogP contribution in [0, 0.1) is 0 Å². The van der Waals surface area contributed by atoms with Gasteiger partial charge in [-0.05, 0) is 20.4 Å². The zero-order valence-electron chi connectivity index (χ0n) is 10.3. The number of hydrogen-bond donors (Lipinski definition) is 2. The molecular weight excluding hydrogens is 224 g/mol. The lowest BCUT2D eigenvalue weighted by Crippen LogP contribution is -2.38. The average Bonchev–Trinajstić information content (AvgIpc) is 2.62. The summed E-state index contributed by atoms with van der Waals surface area (Å²) < 4.78 is 0. The van der Waals surface area contributed by atoms with Gasteiger partial charge in [0.05, 0.1) is 12.1 Å². The van der Waals surface area contributed by atoms with Crippen LogP contribution < -0.4 is 5.32 Å². The Labute approximate surface area is 101 Å². The lowest BCUT2D eigenvalue weighted by molar-refractivity contribution is 0.0352. The number of aromatic nitrogens is 2. The number of anilines is 1. The Morgan fingerprint density at radius 3 is 2.56 bits per heavy atom. The predicted octanol–water partition coefficient (Wildman–Crippen LogP) is 1.17. The third-order valence-electron chi connectivity index (χ3n) is 2.10. The molecule has 0 saturated heterocycles. The molecule has 0 aromatic carbocycles. The molecular formula is C10H20N4OS. The van der Waals surface area contributed by atoms with Crippen LogP contribution in [0.1, 0.15) is 25.8 Å². The molecule has 0 fully saturated rings. The summed E-state index contributed by atoms with van der Waals surface area (Å²) in [7, 11) is 1.83. The van der Waals surface area contributed by atoms with Crippen LogP contribution in [0.15, 0.2) is 0 Å². The zero-order valence-corrected chi connectivity index (χ0v) is 11.1. The van der Waals surface area contributed by atoms with Crippen LogP contribution in [0.2, 0.25) is 0 Å². The Balaban J connectivity index is 2.56. The first-order valence-electron chi connectivity index (χ1n) is 5.39. The third kappa shape index (κ3) is 4.42. The maximum absolute atomic E-state index is 9.76. The minimum atomic E-state index is -0.674. The summed E-state index contributed by atoms with van der Waals surface area (Å²) >= 11 is 1.55. The highest BCUT2D eigenvalue weighted by molar-refractivity contribution is 7.15. The van der Waals surface area contributed by atoms with E-state index in [-0.39, 0.29) is 0 Å². The smallest absolute Gasteiger partial charge is 0.205 e. The molecule has 0 spiro atoms. The maximum Gasteiger partial charge on any atom is 0.205 e. The minimum Gasteiger partial charge on any atom is -0.389 e. The molecule has 1 aromatic rings. The van der Waals surface area contributed by atoms with Crippen molar-refractivity contribution in [3.8, 4) is 0 Å². The number of rotatable bonds is 6. The van der Waals surface area contributed by atoms with Crippen molar-refractivity contribution in [1.82, 2.24) is 15.1 Å². The number of hydrogen-bond acceptors (Lipinski definition) is 6. The van der Waals surface area contributed by atoms with Gasteiger partial charge >= 0.3 is 0 Å². The Kier molecular flexibility index (Phi) is 4.64. The Morgan fingerprint density at radius 2 is 2.12 bits per heavy atom. The van der Waals surface area contributed by atoms with E-state index in [1.807, 2.05) is 20.9 Å². The fraction of sp³-hybridized carbons (Fsp3) is 0.800. The van der Waals surface area contributed by atoms with Crippen LogP contribution in [-0.2, 0) is 6.54 Å². The molecule has 0 aliphatic heterocycles. The van der Waals surface area contributed by atoms with Crippen LogP contribution in [0.5, 0.6) is 0 Å². The first-order valence-corrected chi connectivity index (χ1v) is 6.21. The van der Waals surface area contributed by atoms with Gasteiger partial charge in [-0.1, -0.05) is 18.3 Å². The second-order valence-electron chi connectivity index (χ2n) is 4.37. The summed E-state index contributed by atoms with van der Waals surface area (Å²) in [6, 6.07) is 0. The van der Waals surface area contributed by atoms with E-state index < -0.39 is 5.60 Å². The fourth-order valence-electron chi connectivity index (χ4n) is 1.44. The van der Waals surface area contributed by atoms with Crippen LogP contribution in [-0.4, -0.2) is 45.9 Å². The van der Waals surface area contributed by atoms with Gasteiger partial charge in [0, 0.05) is 13.6 Å². The number of nitrogens with zero attached hydrogens (tertiary/aromatic N) is 3. The van der Waals surface area contributed by atoms with Crippen LogP contribution in [0.3, 0.4) is 0 Å². The molecule has 0 saturated carbocycles. The van der Waals surface area contributed by atoms with E-state index in [0.717, 1.165) is 23.2 Å². The largest absolute Gasteiger partial charge is 0.389 e. The van der Waals surface area contributed by atoms with Gasteiger partial charge in [-0.3, -0.25) is 4.90 Å². The van der Waals surface area contributed by atoms with Gasteiger partial charge in [-0.15, -0.1) is 10.2 Å². The van der Waals surface area contributed by atoms with Crippen LogP contribution in [0.4, 0.5) is 5.13 Å². The Bertz CT molecular complexity index is 321. The number of aliphatic hydroxyl groups is 1. The van der Waals surface area contributed by atoms with Gasteiger partial charge in [0.2, 0.25) is 5.13 Å². The van der Waals surface area contributed by atoms with Crippen molar-refractivity contribution in [3.63, 3.8) is 0 Å². The van der Waals surface area contributed by atoms with E-state index in [4.69, 9.17) is 0 Å². The van der Waals surface area contributed by atoms with Gasteiger partial charge in [-0.25, -0.2) is 0 Å². The van der Waals surface area contributed by atoms with E-state index in [0.29, 0.717) is 6.54 Å². The Morgan fingerprint density at radius 1 is 1.44 bits per heavy atom. The second kappa shape index (κ2) is 5.56. The summed E-state index contributed by atoms with van der Waals surface area (Å²) in [5.41, 5.74) is -0.674. The molecule has 16 heavy (non-hydrogen) atoms. The first kappa shape index (κ1) is 13.3. The van der Waals surface area contributed by atoms with Gasteiger partial charge in [0.15, 0.2) is 0 Å². The molecule has 1 rings (SSSR count). The summed E-state index contributed by atoms with van der Waals surface area (Å²) in [5.74, 6) is 0. The third-order valence-corrected chi connectivity index (χ3v) is 3.02. The molecule has 2 N–H and O–H groups in total. The molecule has 0 unspecified atom stereocenters. The van der Waals surface area contributed by atoms with Crippen molar-refractivity contribution >= 4 is 16.5 Å². The van der Waals surface area contributed by atoms with Gasteiger partial charge in [0.25, 0.3) is 0 Å². The number of nitrogens with one attached hydrogen (secondary N) is 1. The van der Waals surface area contributed by atoms with E-state index >= 15 is 0 Å². The molecule has 0 atom stereocenters. The van der Waals surface area contributed by atoms with Crippen LogP contribution >= 0.6 is 11.3 Å². The molecule has 1 aromatic heterocycles.